The number of guanidine groups is 1. The second-order valence-electron chi connectivity index (χ2n) is 4.69. The second-order valence-corrected chi connectivity index (χ2v) is 4.69. The van der Waals surface area contributed by atoms with Crippen molar-refractivity contribution in [2.24, 2.45) is 4.99 Å². The van der Waals surface area contributed by atoms with Crippen LogP contribution in [0.15, 0.2) is 23.3 Å². The number of pyridine rings is 1. The van der Waals surface area contributed by atoms with Crippen molar-refractivity contribution in [3.05, 3.63) is 23.9 Å². The third kappa shape index (κ3) is 8.56. The molecular weight excluding hydrogens is 325 g/mol. The van der Waals surface area contributed by atoms with Crippen molar-refractivity contribution in [2.75, 3.05) is 32.9 Å². The zero-order chi connectivity index (χ0) is 17.8. The molecule has 2 N–H and O–H groups in total. The van der Waals surface area contributed by atoms with E-state index in [0.29, 0.717) is 37.8 Å². The monoisotopic (exact) mass is 348 g/mol. The van der Waals surface area contributed by atoms with Crippen molar-refractivity contribution in [3.8, 4) is 5.88 Å². The van der Waals surface area contributed by atoms with Crippen molar-refractivity contribution in [1.82, 2.24) is 15.6 Å². The van der Waals surface area contributed by atoms with Gasteiger partial charge in [-0.15, -0.1) is 0 Å². The van der Waals surface area contributed by atoms with E-state index in [1.165, 1.54) is 6.20 Å². The highest BCUT2D eigenvalue weighted by molar-refractivity contribution is 5.79. The largest absolute Gasteiger partial charge is 0.468 e. The van der Waals surface area contributed by atoms with Crippen LogP contribution in [0.5, 0.6) is 5.88 Å². The van der Waals surface area contributed by atoms with Crippen LogP contribution in [-0.2, 0) is 11.3 Å². The van der Waals surface area contributed by atoms with Gasteiger partial charge in [-0.05, 0) is 19.9 Å². The van der Waals surface area contributed by atoms with Gasteiger partial charge in [-0.2, -0.15) is 13.2 Å². The molecule has 6 nitrogen and oxygen atoms in total. The molecule has 1 rings (SSSR count). The lowest BCUT2D eigenvalue weighted by Gasteiger charge is -2.13. The van der Waals surface area contributed by atoms with Crippen LogP contribution in [0.2, 0.25) is 0 Å². The number of halogens is 3. The summed E-state index contributed by atoms with van der Waals surface area (Å²) in [5.74, 6) is 0.478. The summed E-state index contributed by atoms with van der Waals surface area (Å²) in [6.45, 7) is 4.98. The number of rotatable bonds is 9. The van der Waals surface area contributed by atoms with Gasteiger partial charge in [0.1, 0.15) is 0 Å². The van der Waals surface area contributed by atoms with Crippen LogP contribution in [0.4, 0.5) is 13.2 Å². The number of hydrogen-bond acceptors (Lipinski definition) is 4. The number of hydrogen-bond donors (Lipinski definition) is 2. The summed E-state index contributed by atoms with van der Waals surface area (Å²) >= 11 is 0. The Morgan fingerprint density at radius 1 is 1.29 bits per heavy atom. The van der Waals surface area contributed by atoms with Gasteiger partial charge >= 0.3 is 6.18 Å². The molecule has 1 aromatic heterocycles. The summed E-state index contributed by atoms with van der Waals surface area (Å²) in [7, 11) is 0. The molecule has 0 bridgehead atoms. The van der Waals surface area contributed by atoms with Crippen LogP contribution in [0.1, 0.15) is 19.4 Å². The zero-order valence-corrected chi connectivity index (χ0v) is 13.8. The van der Waals surface area contributed by atoms with Crippen LogP contribution >= 0.6 is 0 Å². The number of nitrogens with one attached hydrogen (secondary N) is 2. The average Bonchev–Trinajstić information content (AvgIpc) is 2.54. The molecule has 0 amide bonds. The van der Waals surface area contributed by atoms with Gasteiger partial charge in [0.2, 0.25) is 5.88 Å². The lowest BCUT2D eigenvalue weighted by molar-refractivity contribution is -0.154. The van der Waals surface area contributed by atoms with E-state index in [-0.39, 0.29) is 12.4 Å². The molecule has 1 aromatic rings. The summed E-state index contributed by atoms with van der Waals surface area (Å²) < 4.78 is 46.8. The quantitative estimate of drug-likeness (QED) is 0.406. The minimum atomic E-state index is -4.41. The first kappa shape index (κ1) is 20.0. The van der Waals surface area contributed by atoms with Crippen LogP contribution in [0.25, 0.3) is 0 Å². The van der Waals surface area contributed by atoms with Crippen molar-refractivity contribution in [1.29, 1.82) is 0 Å². The Balaban J connectivity index is 2.67. The van der Waals surface area contributed by atoms with E-state index in [2.05, 4.69) is 20.6 Å². The highest BCUT2D eigenvalue weighted by Crippen LogP contribution is 2.20. The van der Waals surface area contributed by atoms with Crippen molar-refractivity contribution in [2.45, 2.75) is 26.6 Å². The summed E-state index contributed by atoms with van der Waals surface area (Å²) in [6.07, 6.45) is -3.03. The third-order valence-electron chi connectivity index (χ3n) is 2.72. The predicted octanol–water partition coefficient (Wildman–Crippen LogP) is 2.11. The number of aromatic nitrogens is 1. The highest BCUT2D eigenvalue weighted by atomic mass is 19.4. The van der Waals surface area contributed by atoms with Crippen molar-refractivity contribution < 1.29 is 22.6 Å². The van der Waals surface area contributed by atoms with Gasteiger partial charge < -0.3 is 20.1 Å². The third-order valence-corrected chi connectivity index (χ3v) is 2.72. The summed E-state index contributed by atoms with van der Waals surface area (Å²) in [5.41, 5.74) is 0.476. The minimum Gasteiger partial charge on any atom is -0.468 e. The first-order valence-electron chi connectivity index (χ1n) is 7.69. The van der Waals surface area contributed by atoms with E-state index in [0.717, 1.165) is 0 Å². The number of aliphatic imine (C=N–C) groups is 1. The molecule has 0 aliphatic rings. The van der Waals surface area contributed by atoms with Crippen LogP contribution in [0, 0.1) is 0 Å². The maximum Gasteiger partial charge on any atom is 0.422 e. The molecule has 0 radical (unpaired) electrons. The molecule has 24 heavy (non-hydrogen) atoms. The fraction of sp³-hybridized carbons (Fsp3) is 0.600. The van der Waals surface area contributed by atoms with Crippen molar-refractivity contribution in [3.63, 3.8) is 0 Å². The summed E-state index contributed by atoms with van der Waals surface area (Å²) in [4.78, 5) is 8.16. The van der Waals surface area contributed by atoms with E-state index in [1.54, 1.807) is 12.1 Å². The van der Waals surface area contributed by atoms with Gasteiger partial charge in [-0.25, -0.2) is 9.98 Å². The fourth-order valence-corrected chi connectivity index (χ4v) is 1.72. The van der Waals surface area contributed by atoms with E-state index in [4.69, 9.17) is 9.47 Å². The lowest BCUT2D eigenvalue weighted by atomic mass is 10.3. The lowest BCUT2D eigenvalue weighted by Crippen LogP contribution is -2.39. The standard InChI is InChI=1S/C15H23F3N4O2/c1-3-19-14(21-8-9-23-4-2)22-10-12-6-5-7-20-13(12)24-11-15(16,17)18/h5-7H,3-4,8-11H2,1-2H3,(H2,19,21,22). The van der Waals surface area contributed by atoms with Gasteiger partial charge in [0.25, 0.3) is 0 Å². The van der Waals surface area contributed by atoms with Crippen molar-refractivity contribution >= 4 is 5.96 Å². The fourth-order valence-electron chi connectivity index (χ4n) is 1.72. The molecule has 136 valence electrons. The topological polar surface area (TPSA) is 67.8 Å². The predicted molar refractivity (Wildman–Crippen MR) is 85.1 cm³/mol. The van der Waals surface area contributed by atoms with E-state index in [9.17, 15) is 13.2 Å². The van der Waals surface area contributed by atoms with Crippen LogP contribution in [0.3, 0.4) is 0 Å². The van der Waals surface area contributed by atoms with Crippen LogP contribution < -0.4 is 15.4 Å². The molecule has 0 fully saturated rings. The molecular formula is C15H23F3N4O2. The number of nitrogens with zero attached hydrogens (tertiary/aromatic N) is 2. The molecule has 0 aliphatic heterocycles. The Hall–Kier alpha value is -2.03. The summed E-state index contributed by atoms with van der Waals surface area (Å²) in [5, 5.41) is 6.12. The molecule has 0 aliphatic carbocycles. The SMILES string of the molecule is CCNC(=NCc1cccnc1OCC(F)(F)F)NCCOCC. The van der Waals surface area contributed by atoms with Gasteiger partial charge in [0.15, 0.2) is 12.6 Å². The first-order valence-corrected chi connectivity index (χ1v) is 7.69. The van der Waals surface area contributed by atoms with Gasteiger partial charge in [0.05, 0.1) is 13.2 Å². The van der Waals surface area contributed by atoms with E-state index < -0.39 is 12.8 Å². The van der Waals surface area contributed by atoms with E-state index in [1.807, 2.05) is 13.8 Å². The Labute approximate surface area is 139 Å². The molecule has 0 saturated heterocycles. The molecule has 0 spiro atoms. The Bertz CT molecular complexity index is 510. The normalized spacial score (nSPS) is 12.1. The van der Waals surface area contributed by atoms with Gasteiger partial charge in [0, 0.05) is 31.5 Å². The zero-order valence-electron chi connectivity index (χ0n) is 13.8. The van der Waals surface area contributed by atoms with Gasteiger partial charge in [-0.1, -0.05) is 6.07 Å². The Morgan fingerprint density at radius 3 is 2.75 bits per heavy atom. The Kier molecular flexibility index (Phi) is 8.92. The molecule has 0 atom stereocenters. The Morgan fingerprint density at radius 2 is 2.08 bits per heavy atom. The number of alkyl halides is 3. The molecule has 1 heterocycles. The van der Waals surface area contributed by atoms with E-state index >= 15 is 0 Å². The summed E-state index contributed by atoms with van der Waals surface area (Å²) in [6, 6.07) is 3.26. The van der Waals surface area contributed by atoms with Gasteiger partial charge in [-0.3, -0.25) is 0 Å². The molecule has 0 aromatic carbocycles. The molecule has 9 heteroatoms. The maximum absolute atomic E-state index is 12.3. The maximum atomic E-state index is 12.3. The molecule has 0 saturated carbocycles. The molecule has 0 unspecified atom stereocenters. The first-order chi connectivity index (χ1) is 11.5. The average molecular weight is 348 g/mol. The smallest absolute Gasteiger partial charge is 0.422 e. The minimum absolute atomic E-state index is 0.0660. The second kappa shape index (κ2) is 10.7. The highest BCUT2D eigenvalue weighted by Gasteiger charge is 2.29. The van der Waals surface area contributed by atoms with Crippen LogP contribution in [-0.4, -0.2) is 50.0 Å². The number of ether oxygens (including phenoxy) is 2.